The highest BCUT2D eigenvalue weighted by Gasteiger charge is 2.30. The molecule has 21 heavy (non-hydrogen) atoms. The van der Waals surface area contributed by atoms with Crippen molar-refractivity contribution in [3.8, 4) is 0 Å². The van der Waals surface area contributed by atoms with E-state index in [1.807, 2.05) is 24.3 Å². The van der Waals surface area contributed by atoms with Gasteiger partial charge in [0.05, 0.1) is 20.2 Å². The van der Waals surface area contributed by atoms with Crippen molar-refractivity contribution in [1.82, 2.24) is 0 Å². The molecule has 1 aliphatic heterocycles. The van der Waals surface area contributed by atoms with Gasteiger partial charge in [-0.1, -0.05) is 23.7 Å². The summed E-state index contributed by atoms with van der Waals surface area (Å²) in [6.45, 7) is 1.19. The van der Waals surface area contributed by atoms with Crippen LogP contribution in [0.25, 0.3) is 0 Å². The standard InChI is InChI=1S/C13H12BrClN2O2S2/c14-13-9(15)8-12(20-13)21(18,19)17-7-3-6-16-10-4-1-2-5-11(10)17/h1-2,4-5,8,16H,3,6-7H2. The Morgan fingerprint density at radius 2 is 2.10 bits per heavy atom. The molecule has 0 spiro atoms. The van der Waals surface area contributed by atoms with Gasteiger partial charge in [-0.05, 0) is 40.5 Å². The van der Waals surface area contributed by atoms with E-state index in [0.717, 1.165) is 30.0 Å². The zero-order chi connectivity index (χ0) is 15.0. The van der Waals surface area contributed by atoms with Crippen LogP contribution in [0, 0.1) is 0 Å². The molecule has 1 aliphatic rings. The minimum absolute atomic E-state index is 0.246. The summed E-state index contributed by atoms with van der Waals surface area (Å²) < 4.78 is 28.1. The summed E-state index contributed by atoms with van der Waals surface area (Å²) in [6.07, 6.45) is 0.744. The molecule has 0 amide bonds. The molecule has 0 unspecified atom stereocenters. The van der Waals surface area contributed by atoms with Gasteiger partial charge in [0.2, 0.25) is 0 Å². The number of sulfonamides is 1. The zero-order valence-corrected chi connectivity index (χ0v) is 14.8. The predicted octanol–water partition coefficient (Wildman–Crippen LogP) is 4.17. The van der Waals surface area contributed by atoms with E-state index >= 15 is 0 Å². The van der Waals surface area contributed by atoms with Crippen LogP contribution in [0.4, 0.5) is 11.4 Å². The second-order valence-electron chi connectivity index (χ2n) is 4.56. The first-order chi connectivity index (χ1) is 10.00. The average Bonchev–Trinajstić information content (AvgIpc) is 2.69. The summed E-state index contributed by atoms with van der Waals surface area (Å²) in [4.78, 5) is 0. The van der Waals surface area contributed by atoms with Gasteiger partial charge in [0.1, 0.15) is 4.21 Å². The van der Waals surface area contributed by atoms with E-state index in [0.29, 0.717) is 21.0 Å². The van der Waals surface area contributed by atoms with Crippen LogP contribution in [0.15, 0.2) is 38.3 Å². The first-order valence-electron chi connectivity index (χ1n) is 6.30. The fourth-order valence-corrected chi connectivity index (χ4v) is 6.25. The first kappa shape index (κ1) is 15.1. The van der Waals surface area contributed by atoms with Crippen LogP contribution in [0.5, 0.6) is 0 Å². The number of thiophene rings is 1. The van der Waals surface area contributed by atoms with Gasteiger partial charge < -0.3 is 5.32 Å². The highest BCUT2D eigenvalue weighted by atomic mass is 79.9. The Labute approximate surface area is 140 Å². The molecule has 0 saturated heterocycles. The monoisotopic (exact) mass is 406 g/mol. The van der Waals surface area contributed by atoms with Crippen LogP contribution in [-0.2, 0) is 10.0 Å². The number of anilines is 2. The van der Waals surface area contributed by atoms with Gasteiger partial charge in [-0.2, -0.15) is 0 Å². The minimum Gasteiger partial charge on any atom is -0.383 e. The van der Waals surface area contributed by atoms with Gasteiger partial charge in [0.25, 0.3) is 10.0 Å². The molecule has 112 valence electrons. The van der Waals surface area contributed by atoms with Crippen LogP contribution < -0.4 is 9.62 Å². The Bertz CT molecular complexity index is 757. The summed E-state index contributed by atoms with van der Waals surface area (Å²) >= 11 is 10.4. The van der Waals surface area contributed by atoms with Gasteiger partial charge >= 0.3 is 0 Å². The van der Waals surface area contributed by atoms with Gasteiger partial charge in [-0.3, -0.25) is 4.31 Å². The predicted molar refractivity (Wildman–Crippen MR) is 91.1 cm³/mol. The average molecular weight is 408 g/mol. The van der Waals surface area contributed by atoms with E-state index in [-0.39, 0.29) is 4.21 Å². The molecule has 3 rings (SSSR count). The first-order valence-corrected chi connectivity index (χ1v) is 9.73. The molecule has 2 heterocycles. The highest BCUT2D eigenvalue weighted by molar-refractivity contribution is 9.11. The molecule has 0 bridgehead atoms. The van der Waals surface area contributed by atoms with E-state index in [1.165, 1.54) is 10.4 Å². The maximum absolute atomic E-state index is 12.9. The third-order valence-corrected chi connectivity index (χ3v) is 7.93. The van der Waals surface area contributed by atoms with Crippen LogP contribution in [0.3, 0.4) is 0 Å². The molecular formula is C13H12BrClN2O2S2. The largest absolute Gasteiger partial charge is 0.383 e. The fourth-order valence-electron chi connectivity index (χ4n) is 2.22. The molecule has 2 aromatic rings. The molecule has 1 aromatic carbocycles. The van der Waals surface area contributed by atoms with Crippen molar-refractivity contribution in [1.29, 1.82) is 0 Å². The number of benzene rings is 1. The third-order valence-electron chi connectivity index (χ3n) is 3.19. The van der Waals surface area contributed by atoms with Crippen LogP contribution >= 0.6 is 38.9 Å². The number of rotatable bonds is 2. The number of hydrogen-bond acceptors (Lipinski definition) is 4. The number of fused-ring (bicyclic) bond motifs is 1. The van der Waals surface area contributed by atoms with E-state index < -0.39 is 10.0 Å². The Hall–Kier alpha value is -0.760. The van der Waals surface area contributed by atoms with Crippen molar-refractivity contribution in [2.45, 2.75) is 10.6 Å². The van der Waals surface area contributed by atoms with Gasteiger partial charge in [0, 0.05) is 13.1 Å². The minimum atomic E-state index is -3.60. The maximum Gasteiger partial charge on any atom is 0.273 e. The van der Waals surface area contributed by atoms with Gasteiger partial charge in [-0.25, -0.2) is 8.42 Å². The van der Waals surface area contributed by atoms with Crippen molar-refractivity contribution in [3.63, 3.8) is 0 Å². The molecule has 8 heteroatoms. The summed E-state index contributed by atoms with van der Waals surface area (Å²) in [5.41, 5.74) is 1.51. The molecular weight excluding hydrogens is 396 g/mol. The molecule has 0 radical (unpaired) electrons. The Morgan fingerprint density at radius 3 is 2.81 bits per heavy atom. The van der Waals surface area contributed by atoms with E-state index in [4.69, 9.17) is 11.6 Å². The summed E-state index contributed by atoms with van der Waals surface area (Å²) in [5.74, 6) is 0. The molecule has 0 saturated carbocycles. The Kier molecular flexibility index (Phi) is 4.18. The number of para-hydroxylation sites is 2. The van der Waals surface area contributed by atoms with Crippen molar-refractivity contribution < 1.29 is 8.42 Å². The van der Waals surface area contributed by atoms with E-state index in [1.54, 1.807) is 0 Å². The Morgan fingerprint density at radius 1 is 1.33 bits per heavy atom. The SMILES string of the molecule is O=S(=O)(c1cc(Cl)c(Br)s1)N1CCCNc2ccccc21. The normalized spacial score (nSPS) is 15.2. The smallest absolute Gasteiger partial charge is 0.273 e. The Balaban J connectivity index is 2.10. The second kappa shape index (κ2) is 5.79. The summed E-state index contributed by atoms with van der Waals surface area (Å²) in [7, 11) is -3.60. The lowest BCUT2D eigenvalue weighted by Crippen LogP contribution is -2.31. The quantitative estimate of drug-likeness (QED) is 0.812. The molecule has 1 N–H and O–H groups in total. The van der Waals surface area contributed by atoms with Gasteiger partial charge in [0.15, 0.2) is 0 Å². The topological polar surface area (TPSA) is 49.4 Å². The highest BCUT2D eigenvalue weighted by Crippen LogP contribution is 2.39. The molecule has 0 atom stereocenters. The lowest BCUT2D eigenvalue weighted by atomic mass is 10.2. The fraction of sp³-hybridized carbons (Fsp3) is 0.231. The van der Waals surface area contributed by atoms with Crippen LogP contribution in [0.2, 0.25) is 5.02 Å². The maximum atomic E-state index is 12.9. The van der Waals surface area contributed by atoms with Crippen molar-refractivity contribution in [2.24, 2.45) is 0 Å². The van der Waals surface area contributed by atoms with Crippen LogP contribution in [-0.4, -0.2) is 21.5 Å². The molecule has 4 nitrogen and oxygen atoms in total. The third kappa shape index (κ3) is 2.79. The molecule has 0 aliphatic carbocycles. The van der Waals surface area contributed by atoms with Crippen molar-refractivity contribution in [2.75, 3.05) is 22.7 Å². The lowest BCUT2D eigenvalue weighted by molar-refractivity contribution is 0.592. The number of hydrogen-bond donors (Lipinski definition) is 1. The zero-order valence-electron chi connectivity index (χ0n) is 10.8. The number of nitrogens with zero attached hydrogens (tertiary/aromatic N) is 1. The summed E-state index contributed by atoms with van der Waals surface area (Å²) in [6, 6.07) is 8.93. The molecule has 0 fully saturated rings. The summed E-state index contributed by atoms with van der Waals surface area (Å²) in [5, 5.41) is 3.67. The van der Waals surface area contributed by atoms with Crippen molar-refractivity contribution >= 4 is 60.3 Å². The lowest BCUT2D eigenvalue weighted by Gasteiger charge is -2.23. The van der Waals surface area contributed by atoms with E-state index in [2.05, 4.69) is 21.2 Å². The second-order valence-corrected chi connectivity index (χ2v) is 9.43. The van der Waals surface area contributed by atoms with Gasteiger partial charge in [-0.15, -0.1) is 11.3 Å². The van der Waals surface area contributed by atoms with Crippen molar-refractivity contribution in [3.05, 3.63) is 39.1 Å². The number of halogens is 2. The van der Waals surface area contributed by atoms with E-state index in [9.17, 15) is 8.42 Å². The van der Waals surface area contributed by atoms with Crippen LogP contribution in [0.1, 0.15) is 6.42 Å². The number of nitrogens with one attached hydrogen (secondary N) is 1. The molecule has 1 aromatic heterocycles.